The van der Waals surface area contributed by atoms with Gasteiger partial charge in [0.1, 0.15) is 0 Å². The van der Waals surface area contributed by atoms with Crippen molar-refractivity contribution >= 4 is 23.1 Å². The third-order valence-electron chi connectivity index (χ3n) is 0.262. The second kappa shape index (κ2) is 3.14. The van der Waals surface area contributed by atoms with E-state index >= 15 is 0 Å². The van der Waals surface area contributed by atoms with Crippen molar-refractivity contribution in [2.45, 2.75) is 0 Å². The van der Waals surface area contributed by atoms with E-state index < -0.39 is 6.03 Å². The molecule has 0 saturated carbocycles. The molecule has 5 nitrogen and oxygen atoms in total. The zero-order valence-corrected chi connectivity index (χ0v) is 4.79. The molecule has 0 heterocycles. The molecule has 2 amide bonds. The molecule has 0 aromatic carbocycles. The highest BCUT2D eigenvalue weighted by Gasteiger charge is 1.91. The lowest BCUT2D eigenvalue weighted by molar-refractivity contribution is 0.254. The molecule has 0 aromatic rings. The molecule has 0 spiro atoms. The van der Waals surface area contributed by atoms with Crippen LogP contribution < -0.4 is 16.2 Å². The van der Waals surface area contributed by atoms with Gasteiger partial charge in [0.15, 0.2) is 5.17 Å². The van der Waals surface area contributed by atoms with Crippen LogP contribution in [0.4, 0.5) is 4.79 Å². The first-order chi connectivity index (χ1) is 3.63. The van der Waals surface area contributed by atoms with Crippen molar-refractivity contribution in [3.05, 3.63) is 0 Å². The number of amidine groups is 1. The van der Waals surface area contributed by atoms with E-state index in [9.17, 15) is 4.79 Å². The maximum Gasteiger partial charge on any atom is 0.322 e. The largest absolute Gasteiger partial charge is 0.377 e. The highest BCUT2D eigenvalue weighted by molar-refractivity contribution is 8.12. The molecule has 6 heteroatoms. The fourth-order valence-electron chi connectivity index (χ4n) is 0.105. The Morgan fingerprint density at radius 2 is 2.12 bits per heavy atom. The number of hydrogen-bond donors (Lipinski definition) is 4. The van der Waals surface area contributed by atoms with Gasteiger partial charge in [-0.25, -0.2) is 4.79 Å². The number of primary amides is 1. The smallest absolute Gasteiger partial charge is 0.322 e. The van der Waals surface area contributed by atoms with E-state index in [1.807, 2.05) is 0 Å². The predicted octanol–water partition coefficient (Wildman–Crippen LogP) is -0.804. The minimum Gasteiger partial charge on any atom is -0.377 e. The van der Waals surface area contributed by atoms with Crippen LogP contribution in [0.1, 0.15) is 0 Å². The molecule has 6 N–H and O–H groups in total. The van der Waals surface area contributed by atoms with Gasteiger partial charge in [0.2, 0.25) is 0 Å². The van der Waals surface area contributed by atoms with Gasteiger partial charge in [0, 0.05) is 11.9 Å². The number of urea groups is 1. The summed E-state index contributed by atoms with van der Waals surface area (Å²) < 4.78 is 2.05. The Morgan fingerprint density at radius 1 is 1.62 bits per heavy atom. The first-order valence-electron chi connectivity index (χ1n) is 1.69. The summed E-state index contributed by atoms with van der Waals surface area (Å²) in [5, 5.41) is 6.37. The van der Waals surface area contributed by atoms with Crippen LogP contribution >= 0.6 is 11.9 Å². The monoisotopic (exact) mass is 134 g/mol. The second-order valence-electron chi connectivity index (χ2n) is 0.933. The van der Waals surface area contributed by atoms with Crippen LogP contribution in [0.2, 0.25) is 0 Å². The molecule has 8 heavy (non-hydrogen) atoms. The Bertz CT molecular complexity index is 98.6. The van der Waals surface area contributed by atoms with Crippen LogP contribution in [0.3, 0.4) is 0 Å². The average Bonchev–Trinajstić information content (AvgIpc) is 1.61. The van der Waals surface area contributed by atoms with Crippen molar-refractivity contribution in [3.8, 4) is 0 Å². The van der Waals surface area contributed by atoms with Gasteiger partial charge >= 0.3 is 6.03 Å². The van der Waals surface area contributed by atoms with Crippen LogP contribution in [0, 0.1) is 5.41 Å². The maximum atomic E-state index is 9.84. The van der Waals surface area contributed by atoms with Gasteiger partial charge < -0.3 is 11.5 Å². The summed E-state index contributed by atoms with van der Waals surface area (Å²) in [6.45, 7) is 0. The first-order valence-corrected chi connectivity index (χ1v) is 2.51. The predicted molar refractivity (Wildman–Crippen MR) is 32.2 cm³/mol. The normalized spacial score (nSPS) is 8.00. The molecule has 0 atom stereocenters. The molecular weight excluding hydrogens is 128 g/mol. The van der Waals surface area contributed by atoms with Crippen molar-refractivity contribution in [2.24, 2.45) is 11.5 Å². The van der Waals surface area contributed by atoms with E-state index in [1.165, 1.54) is 0 Å². The Hall–Kier alpha value is -0.910. The summed E-state index contributed by atoms with van der Waals surface area (Å²) in [6.07, 6.45) is 0. The van der Waals surface area contributed by atoms with Gasteiger partial charge in [-0.3, -0.25) is 10.1 Å². The number of amides is 2. The van der Waals surface area contributed by atoms with Crippen molar-refractivity contribution in [2.75, 3.05) is 0 Å². The van der Waals surface area contributed by atoms with Gasteiger partial charge in [0.25, 0.3) is 0 Å². The van der Waals surface area contributed by atoms with E-state index in [0.717, 1.165) is 0 Å². The molecule has 0 bridgehead atoms. The molecule has 0 rings (SSSR count). The van der Waals surface area contributed by atoms with Crippen LogP contribution in [-0.4, -0.2) is 11.2 Å². The summed E-state index contributed by atoms with van der Waals surface area (Å²) in [7, 11) is 0. The lowest BCUT2D eigenvalue weighted by Gasteiger charge is -1.93. The van der Waals surface area contributed by atoms with E-state index in [-0.39, 0.29) is 5.17 Å². The summed E-state index contributed by atoms with van der Waals surface area (Å²) in [6, 6.07) is -0.704. The van der Waals surface area contributed by atoms with Crippen molar-refractivity contribution in [1.29, 1.82) is 5.41 Å². The molecule has 46 valence electrons. The molecule has 0 aliphatic carbocycles. The number of carbonyl (C=O) groups is 1. The highest BCUT2D eigenvalue weighted by Crippen LogP contribution is 1.86. The Labute approximate surface area is 50.4 Å². The number of carbonyl (C=O) groups excluding carboxylic acids is 1. The maximum absolute atomic E-state index is 9.84. The summed E-state index contributed by atoms with van der Waals surface area (Å²) in [5.41, 5.74) is 9.43. The lowest BCUT2D eigenvalue weighted by atomic mass is 11.2. The third kappa shape index (κ3) is 5.09. The molecule has 0 saturated heterocycles. The molecule has 0 fully saturated rings. The Balaban J connectivity index is 3.18. The Kier molecular flexibility index (Phi) is 2.78. The molecule has 0 aromatic heterocycles. The molecule has 0 aliphatic heterocycles. The van der Waals surface area contributed by atoms with Crippen molar-refractivity contribution in [1.82, 2.24) is 4.72 Å². The first kappa shape index (κ1) is 7.09. The van der Waals surface area contributed by atoms with Gasteiger partial charge in [0.05, 0.1) is 0 Å². The number of rotatable bonds is 0. The molecule has 0 unspecified atom stereocenters. The van der Waals surface area contributed by atoms with Gasteiger partial charge in [-0.05, 0) is 0 Å². The van der Waals surface area contributed by atoms with Gasteiger partial charge in [-0.1, -0.05) is 0 Å². The number of nitrogens with one attached hydrogen (secondary N) is 2. The lowest BCUT2D eigenvalue weighted by Crippen LogP contribution is -2.26. The summed E-state index contributed by atoms with van der Waals surface area (Å²) in [4.78, 5) is 9.84. The quantitative estimate of drug-likeness (QED) is 0.198. The van der Waals surface area contributed by atoms with E-state index in [1.54, 1.807) is 0 Å². The van der Waals surface area contributed by atoms with Gasteiger partial charge in [-0.15, -0.1) is 0 Å². The van der Waals surface area contributed by atoms with Gasteiger partial charge in [-0.2, -0.15) is 0 Å². The number of nitrogens with two attached hydrogens (primary N) is 2. The SMILES string of the molecule is N=C(N)SNC(N)=O. The number of hydrogen-bond acceptors (Lipinski definition) is 3. The zero-order chi connectivity index (χ0) is 6.57. The van der Waals surface area contributed by atoms with Crippen LogP contribution in [0.25, 0.3) is 0 Å². The Morgan fingerprint density at radius 3 is 2.25 bits per heavy atom. The summed E-state index contributed by atoms with van der Waals surface area (Å²) >= 11 is 0.676. The minimum absolute atomic E-state index is 0.191. The fourth-order valence-corrected chi connectivity index (χ4v) is 0.316. The van der Waals surface area contributed by atoms with Crippen LogP contribution in [0.15, 0.2) is 0 Å². The van der Waals surface area contributed by atoms with E-state index in [2.05, 4.69) is 10.5 Å². The summed E-state index contributed by atoms with van der Waals surface area (Å²) in [5.74, 6) is 0. The second-order valence-corrected chi connectivity index (χ2v) is 1.78. The molecule has 0 radical (unpaired) electrons. The van der Waals surface area contributed by atoms with Crippen LogP contribution in [-0.2, 0) is 0 Å². The van der Waals surface area contributed by atoms with Crippen LogP contribution in [0.5, 0.6) is 0 Å². The topological polar surface area (TPSA) is 105 Å². The molecule has 0 aliphatic rings. The van der Waals surface area contributed by atoms with Crippen molar-refractivity contribution in [3.63, 3.8) is 0 Å². The average molecular weight is 134 g/mol. The van der Waals surface area contributed by atoms with Crippen molar-refractivity contribution < 1.29 is 4.79 Å². The zero-order valence-electron chi connectivity index (χ0n) is 3.97. The highest BCUT2D eigenvalue weighted by atomic mass is 32.2. The minimum atomic E-state index is -0.704. The van der Waals surface area contributed by atoms with E-state index in [0.29, 0.717) is 11.9 Å². The molecular formula is C2H6N4OS. The van der Waals surface area contributed by atoms with E-state index in [4.69, 9.17) is 11.1 Å². The fraction of sp³-hybridized carbons (Fsp3) is 0. The standard InChI is InChI=1S/C2H6N4OS/c3-1(4)8-6-2(5)7/h(H3,3,4)(H3,5,6,7). The third-order valence-corrected chi connectivity index (χ3v) is 0.785.